The van der Waals surface area contributed by atoms with Crippen LogP contribution in [-0.4, -0.2) is 45.2 Å². The summed E-state index contributed by atoms with van der Waals surface area (Å²) in [6.45, 7) is -0.760. The van der Waals surface area contributed by atoms with Crippen molar-refractivity contribution in [2.24, 2.45) is 0 Å². The second-order valence-electron chi connectivity index (χ2n) is 5.79. The van der Waals surface area contributed by atoms with Crippen LogP contribution in [0.1, 0.15) is 10.4 Å². The lowest BCUT2D eigenvalue weighted by Crippen LogP contribution is -2.40. The number of hydrogen-bond acceptors (Lipinski definition) is 6. The van der Waals surface area contributed by atoms with E-state index in [1.165, 1.54) is 12.3 Å². The maximum Gasteiger partial charge on any atom is 0.349 e. The van der Waals surface area contributed by atoms with Crippen molar-refractivity contribution in [3.63, 3.8) is 0 Å². The van der Waals surface area contributed by atoms with Crippen molar-refractivity contribution in [3.8, 4) is 0 Å². The van der Waals surface area contributed by atoms with Crippen LogP contribution in [-0.2, 0) is 16.1 Å². The number of carbonyl (C=O) groups is 2. The molecule has 0 radical (unpaired) electrons. The van der Waals surface area contributed by atoms with Crippen LogP contribution in [0.5, 0.6) is 0 Å². The number of benzene rings is 1. The molecule has 1 amide bonds. The van der Waals surface area contributed by atoms with Crippen molar-refractivity contribution >= 4 is 17.5 Å². The first-order valence-electron chi connectivity index (χ1n) is 8.09. The molecule has 0 unspecified atom stereocenters. The Balaban J connectivity index is 1.72. The van der Waals surface area contributed by atoms with Gasteiger partial charge in [0.1, 0.15) is 18.0 Å². The standard InChI is InChI=1S/C18H16FN3O5/c19-13-8-12(10-23)27-14(16(13)24)9-22-7-6-15(21-18(22)26)20-17(25)11-4-2-1-3-5-11/h1-8,12,14,23H,9-10H2,(H,20,21,25,26)/t12-,14-/m0/s1. The number of carbonyl (C=O) groups excluding carboxylic acids is 2. The van der Waals surface area contributed by atoms with Crippen molar-refractivity contribution in [1.29, 1.82) is 0 Å². The van der Waals surface area contributed by atoms with E-state index in [0.717, 1.165) is 10.6 Å². The molecule has 0 spiro atoms. The fourth-order valence-electron chi connectivity index (χ4n) is 2.53. The van der Waals surface area contributed by atoms with Crippen LogP contribution in [0.25, 0.3) is 0 Å². The zero-order chi connectivity index (χ0) is 19.4. The highest BCUT2D eigenvalue weighted by Gasteiger charge is 2.31. The lowest BCUT2D eigenvalue weighted by molar-refractivity contribution is -0.135. The van der Waals surface area contributed by atoms with E-state index in [4.69, 9.17) is 9.84 Å². The molecule has 2 N–H and O–H groups in total. The molecular weight excluding hydrogens is 357 g/mol. The number of anilines is 1. The Bertz CT molecular complexity index is 942. The molecule has 2 heterocycles. The van der Waals surface area contributed by atoms with E-state index in [1.54, 1.807) is 30.3 Å². The zero-order valence-electron chi connectivity index (χ0n) is 14.0. The summed E-state index contributed by atoms with van der Waals surface area (Å²) in [5.41, 5.74) is -0.338. The number of ether oxygens (including phenoxy) is 1. The first kappa shape index (κ1) is 18.6. The molecule has 1 aromatic carbocycles. The summed E-state index contributed by atoms with van der Waals surface area (Å²) >= 11 is 0. The van der Waals surface area contributed by atoms with Crippen molar-refractivity contribution in [2.45, 2.75) is 18.8 Å². The normalized spacial score (nSPS) is 19.5. The predicted octanol–water partition coefficient (Wildman–Crippen LogP) is 0.678. The molecule has 0 saturated heterocycles. The third-order valence-electron chi connectivity index (χ3n) is 3.89. The Hall–Kier alpha value is -3.17. The molecule has 140 valence electrons. The topological polar surface area (TPSA) is 111 Å². The minimum absolute atomic E-state index is 0.0419. The van der Waals surface area contributed by atoms with Gasteiger partial charge in [0.15, 0.2) is 5.83 Å². The van der Waals surface area contributed by atoms with Gasteiger partial charge in [-0.05, 0) is 24.3 Å². The zero-order valence-corrected chi connectivity index (χ0v) is 14.0. The maximum atomic E-state index is 13.6. The Kier molecular flexibility index (Phi) is 5.53. The first-order valence-corrected chi connectivity index (χ1v) is 8.09. The summed E-state index contributed by atoms with van der Waals surface area (Å²) in [7, 11) is 0. The van der Waals surface area contributed by atoms with Crippen LogP contribution < -0.4 is 11.0 Å². The number of nitrogens with zero attached hydrogens (tertiary/aromatic N) is 2. The minimum Gasteiger partial charge on any atom is -0.393 e. The molecule has 27 heavy (non-hydrogen) atoms. The average Bonchev–Trinajstić information content (AvgIpc) is 2.67. The molecule has 1 aliphatic heterocycles. The number of amides is 1. The molecule has 8 nitrogen and oxygen atoms in total. The van der Waals surface area contributed by atoms with Gasteiger partial charge in [-0.2, -0.15) is 4.98 Å². The number of aliphatic hydroxyl groups excluding tert-OH is 1. The SMILES string of the molecule is O=C(Nc1ccn(C[C@@H]2O[C@H](CO)C=C(F)C2=O)c(=O)n1)c1ccccc1. The Morgan fingerprint density at radius 3 is 2.67 bits per heavy atom. The number of nitrogens with one attached hydrogen (secondary N) is 1. The third-order valence-corrected chi connectivity index (χ3v) is 3.89. The summed E-state index contributed by atoms with van der Waals surface area (Å²) in [5, 5.41) is 11.6. The van der Waals surface area contributed by atoms with E-state index in [9.17, 15) is 18.8 Å². The summed E-state index contributed by atoms with van der Waals surface area (Å²) < 4.78 is 19.9. The van der Waals surface area contributed by atoms with E-state index in [-0.39, 0.29) is 12.4 Å². The number of hydrogen-bond donors (Lipinski definition) is 2. The summed E-state index contributed by atoms with van der Waals surface area (Å²) in [6.07, 6.45) is -0.00375. The average molecular weight is 373 g/mol. The Labute approximate surface area is 152 Å². The molecule has 1 aromatic heterocycles. The lowest BCUT2D eigenvalue weighted by atomic mass is 10.1. The van der Waals surface area contributed by atoms with Crippen LogP contribution in [0.15, 0.2) is 59.3 Å². The molecule has 3 rings (SSSR count). The minimum atomic E-state index is -1.25. The summed E-state index contributed by atoms with van der Waals surface area (Å²) in [5.74, 6) is -2.31. The van der Waals surface area contributed by atoms with Crippen molar-refractivity contribution < 1.29 is 23.8 Å². The van der Waals surface area contributed by atoms with E-state index in [1.807, 2.05) is 0 Å². The van der Waals surface area contributed by atoms with Gasteiger partial charge in [0.2, 0.25) is 5.78 Å². The van der Waals surface area contributed by atoms with Gasteiger partial charge in [-0.3, -0.25) is 14.2 Å². The molecule has 0 bridgehead atoms. The number of aromatic nitrogens is 2. The molecule has 1 aliphatic rings. The van der Waals surface area contributed by atoms with Gasteiger partial charge in [0.25, 0.3) is 5.91 Å². The molecule has 9 heteroatoms. The quantitative estimate of drug-likeness (QED) is 0.797. The van der Waals surface area contributed by atoms with E-state index >= 15 is 0 Å². The smallest absolute Gasteiger partial charge is 0.349 e. The Morgan fingerprint density at radius 2 is 2.00 bits per heavy atom. The maximum absolute atomic E-state index is 13.6. The predicted molar refractivity (Wildman–Crippen MR) is 92.8 cm³/mol. The highest BCUT2D eigenvalue weighted by molar-refractivity contribution is 6.03. The molecule has 2 aromatic rings. The fourth-order valence-corrected chi connectivity index (χ4v) is 2.53. The lowest BCUT2D eigenvalue weighted by Gasteiger charge is -2.25. The highest BCUT2D eigenvalue weighted by Crippen LogP contribution is 2.18. The van der Waals surface area contributed by atoms with Gasteiger partial charge in [-0.1, -0.05) is 18.2 Å². The van der Waals surface area contributed by atoms with Crippen molar-refractivity contribution in [2.75, 3.05) is 11.9 Å². The van der Waals surface area contributed by atoms with Crippen LogP contribution in [0.3, 0.4) is 0 Å². The number of ketones is 1. The number of Topliss-reactive ketones (excluding diaryl/α,β-unsaturated/α-hetero) is 1. The van der Waals surface area contributed by atoms with E-state index in [2.05, 4.69) is 10.3 Å². The van der Waals surface area contributed by atoms with Crippen molar-refractivity contribution in [3.05, 3.63) is 70.5 Å². The second-order valence-corrected chi connectivity index (χ2v) is 5.79. The summed E-state index contributed by atoms with van der Waals surface area (Å²) in [4.78, 5) is 39.8. The second kappa shape index (κ2) is 8.02. The fraction of sp³-hybridized carbons (Fsp3) is 0.222. The van der Waals surface area contributed by atoms with Crippen molar-refractivity contribution in [1.82, 2.24) is 9.55 Å². The summed E-state index contributed by atoms with van der Waals surface area (Å²) in [6, 6.07) is 9.78. The largest absolute Gasteiger partial charge is 0.393 e. The van der Waals surface area contributed by atoms with Gasteiger partial charge in [0.05, 0.1) is 13.2 Å². The molecule has 2 atom stereocenters. The van der Waals surface area contributed by atoms with E-state index in [0.29, 0.717) is 5.56 Å². The van der Waals surface area contributed by atoms with E-state index < -0.39 is 42.0 Å². The van der Waals surface area contributed by atoms with Crippen LogP contribution in [0.4, 0.5) is 10.2 Å². The van der Waals surface area contributed by atoms with Crippen LogP contribution >= 0.6 is 0 Å². The number of aliphatic hydroxyl groups is 1. The van der Waals surface area contributed by atoms with Crippen LogP contribution in [0, 0.1) is 0 Å². The number of halogens is 1. The van der Waals surface area contributed by atoms with Gasteiger partial charge in [-0.25, -0.2) is 9.18 Å². The number of rotatable bonds is 5. The molecule has 0 saturated carbocycles. The first-order chi connectivity index (χ1) is 13.0. The third kappa shape index (κ3) is 4.33. The molecule has 0 aliphatic carbocycles. The Morgan fingerprint density at radius 1 is 1.26 bits per heavy atom. The molecular formula is C18H16FN3O5. The van der Waals surface area contributed by atoms with Crippen LogP contribution in [0.2, 0.25) is 0 Å². The van der Waals surface area contributed by atoms with Gasteiger partial charge in [0, 0.05) is 11.8 Å². The molecule has 0 fully saturated rings. The van der Waals surface area contributed by atoms with Gasteiger partial charge >= 0.3 is 5.69 Å². The highest BCUT2D eigenvalue weighted by atomic mass is 19.1. The monoisotopic (exact) mass is 373 g/mol. The van der Waals surface area contributed by atoms with Gasteiger partial charge < -0.3 is 15.2 Å². The van der Waals surface area contributed by atoms with Gasteiger partial charge in [-0.15, -0.1) is 0 Å².